The topological polar surface area (TPSA) is 21.3 Å². The highest BCUT2D eigenvalue weighted by atomic mass is 35.5. The fourth-order valence-corrected chi connectivity index (χ4v) is 2.38. The molecule has 1 atom stereocenters. The van der Waals surface area contributed by atoms with Crippen molar-refractivity contribution in [2.75, 3.05) is 13.7 Å². The minimum atomic E-state index is -0.322. The molecule has 4 heteroatoms. The van der Waals surface area contributed by atoms with Crippen LogP contribution in [0.5, 0.6) is 0 Å². The first-order chi connectivity index (χ1) is 8.72. The Morgan fingerprint density at radius 3 is 3.00 bits per heavy atom. The summed E-state index contributed by atoms with van der Waals surface area (Å²) in [4.78, 5) is 0. The van der Waals surface area contributed by atoms with Crippen molar-refractivity contribution in [3.05, 3.63) is 46.4 Å². The molecule has 18 heavy (non-hydrogen) atoms. The molecule has 98 valence electrons. The second kappa shape index (κ2) is 6.21. The highest BCUT2D eigenvalue weighted by molar-refractivity contribution is 6.30. The van der Waals surface area contributed by atoms with Crippen LogP contribution in [0.25, 0.3) is 0 Å². The van der Waals surface area contributed by atoms with Gasteiger partial charge in [-0.3, -0.25) is 0 Å². The van der Waals surface area contributed by atoms with Crippen LogP contribution in [-0.4, -0.2) is 19.7 Å². The van der Waals surface area contributed by atoms with Crippen LogP contribution in [0.15, 0.2) is 30.0 Å². The molecule has 0 saturated carbocycles. The Labute approximate surface area is 112 Å². The summed E-state index contributed by atoms with van der Waals surface area (Å²) < 4.78 is 19.2. The Morgan fingerprint density at radius 1 is 1.50 bits per heavy atom. The van der Waals surface area contributed by atoms with E-state index >= 15 is 0 Å². The predicted molar refractivity (Wildman–Crippen MR) is 71.2 cm³/mol. The molecule has 0 spiro atoms. The van der Waals surface area contributed by atoms with Crippen LogP contribution in [0.4, 0.5) is 4.39 Å². The van der Waals surface area contributed by atoms with E-state index in [0.29, 0.717) is 12.0 Å². The third kappa shape index (κ3) is 3.03. The van der Waals surface area contributed by atoms with Gasteiger partial charge in [0, 0.05) is 6.04 Å². The van der Waals surface area contributed by atoms with Crippen LogP contribution in [0.1, 0.15) is 18.4 Å². The highest BCUT2D eigenvalue weighted by Gasteiger charge is 2.18. The number of rotatable bonds is 4. The van der Waals surface area contributed by atoms with E-state index in [-0.39, 0.29) is 16.9 Å². The van der Waals surface area contributed by atoms with Crippen molar-refractivity contribution < 1.29 is 9.13 Å². The molecule has 1 unspecified atom stereocenters. The van der Waals surface area contributed by atoms with Crippen LogP contribution in [-0.2, 0) is 11.2 Å². The molecule has 0 radical (unpaired) electrons. The summed E-state index contributed by atoms with van der Waals surface area (Å²) in [7, 11) is 1.88. The first-order valence-electron chi connectivity index (χ1n) is 6.13. The van der Waals surface area contributed by atoms with E-state index in [0.717, 1.165) is 19.4 Å². The molecule has 0 fully saturated rings. The zero-order valence-electron chi connectivity index (χ0n) is 10.4. The van der Waals surface area contributed by atoms with E-state index in [1.54, 1.807) is 24.5 Å². The second-order valence-electron chi connectivity index (χ2n) is 4.43. The van der Waals surface area contributed by atoms with Crippen molar-refractivity contribution in [3.8, 4) is 0 Å². The summed E-state index contributed by atoms with van der Waals surface area (Å²) in [5.74, 6) is -0.322. The predicted octanol–water partition coefficient (Wildman–Crippen LogP) is 3.30. The van der Waals surface area contributed by atoms with Gasteiger partial charge in [-0.2, -0.15) is 0 Å². The number of benzene rings is 1. The number of hydrogen-bond acceptors (Lipinski definition) is 2. The molecule has 1 heterocycles. The monoisotopic (exact) mass is 269 g/mol. The Balaban J connectivity index is 2.15. The first-order valence-corrected chi connectivity index (χ1v) is 6.51. The van der Waals surface area contributed by atoms with Crippen LogP contribution in [0.2, 0.25) is 5.02 Å². The fourth-order valence-electron chi connectivity index (χ4n) is 2.19. The van der Waals surface area contributed by atoms with E-state index < -0.39 is 0 Å². The normalized spacial score (nSPS) is 16.9. The molecule has 0 amide bonds. The Hall–Kier alpha value is -1.06. The van der Waals surface area contributed by atoms with Crippen molar-refractivity contribution in [2.24, 2.45) is 0 Å². The quantitative estimate of drug-likeness (QED) is 0.906. The number of hydrogen-bond donors (Lipinski definition) is 1. The lowest BCUT2D eigenvalue weighted by atomic mass is 9.95. The SMILES string of the molecule is CNC(Cc1cccc(Cl)c1F)C1=COCCC1. The van der Waals surface area contributed by atoms with E-state index in [4.69, 9.17) is 16.3 Å². The molecule has 2 nitrogen and oxygen atoms in total. The zero-order valence-corrected chi connectivity index (χ0v) is 11.1. The Morgan fingerprint density at radius 2 is 2.33 bits per heavy atom. The average molecular weight is 270 g/mol. The molecular formula is C14H17ClFNO. The van der Waals surface area contributed by atoms with Gasteiger partial charge in [-0.15, -0.1) is 0 Å². The first kappa shape index (κ1) is 13.4. The van der Waals surface area contributed by atoms with Gasteiger partial charge in [0.25, 0.3) is 0 Å². The molecular weight excluding hydrogens is 253 g/mol. The van der Waals surface area contributed by atoms with Crippen molar-refractivity contribution in [1.82, 2.24) is 5.32 Å². The van der Waals surface area contributed by atoms with Crippen molar-refractivity contribution in [2.45, 2.75) is 25.3 Å². The van der Waals surface area contributed by atoms with Gasteiger partial charge in [-0.1, -0.05) is 23.7 Å². The standard InChI is InChI=1S/C14H17ClFNO/c1-17-13(11-5-3-7-18-9-11)8-10-4-2-6-12(15)14(10)16/h2,4,6,9,13,17H,3,5,7-8H2,1H3. The van der Waals surface area contributed by atoms with Crippen LogP contribution >= 0.6 is 11.6 Å². The molecule has 1 aromatic rings. The lowest BCUT2D eigenvalue weighted by Gasteiger charge is -2.23. The molecule has 1 aliphatic heterocycles. The summed E-state index contributed by atoms with van der Waals surface area (Å²) in [6.07, 6.45) is 4.39. The number of likely N-dealkylation sites (N-methyl/N-ethyl adjacent to an activating group) is 1. The minimum Gasteiger partial charge on any atom is -0.501 e. The summed E-state index contributed by atoms with van der Waals surface area (Å²) in [6.45, 7) is 0.769. The van der Waals surface area contributed by atoms with Crippen molar-refractivity contribution in [3.63, 3.8) is 0 Å². The third-order valence-electron chi connectivity index (χ3n) is 3.21. The number of nitrogens with one attached hydrogen (secondary N) is 1. The maximum atomic E-state index is 13.9. The second-order valence-corrected chi connectivity index (χ2v) is 4.83. The van der Waals surface area contributed by atoms with E-state index in [1.165, 1.54) is 5.57 Å². The van der Waals surface area contributed by atoms with Crippen LogP contribution in [0.3, 0.4) is 0 Å². The fraction of sp³-hybridized carbons (Fsp3) is 0.429. The maximum Gasteiger partial charge on any atom is 0.145 e. The van der Waals surface area contributed by atoms with Gasteiger partial charge in [0.15, 0.2) is 0 Å². The van der Waals surface area contributed by atoms with E-state index in [2.05, 4.69) is 5.32 Å². The molecule has 0 saturated heterocycles. The average Bonchev–Trinajstić information content (AvgIpc) is 2.41. The number of ether oxygens (including phenoxy) is 1. The van der Waals surface area contributed by atoms with Crippen LogP contribution in [0, 0.1) is 5.82 Å². The molecule has 2 rings (SSSR count). The third-order valence-corrected chi connectivity index (χ3v) is 3.51. The molecule has 0 aromatic heterocycles. The van der Waals surface area contributed by atoms with Gasteiger partial charge in [-0.05, 0) is 43.5 Å². The summed E-state index contributed by atoms with van der Waals surface area (Å²) >= 11 is 5.79. The molecule has 0 bridgehead atoms. The van der Waals surface area contributed by atoms with Crippen molar-refractivity contribution >= 4 is 11.6 Å². The Bertz CT molecular complexity index is 447. The Kier molecular flexibility index (Phi) is 4.61. The minimum absolute atomic E-state index is 0.0956. The van der Waals surface area contributed by atoms with Crippen LogP contribution < -0.4 is 5.32 Å². The van der Waals surface area contributed by atoms with E-state index in [9.17, 15) is 4.39 Å². The van der Waals surface area contributed by atoms with Gasteiger partial charge < -0.3 is 10.1 Å². The lowest BCUT2D eigenvalue weighted by molar-refractivity contribution is 0.219. The lowest BCUT2D eigenvalue weighted by Crippen LogP contribution is -2.31. The van der Waals surface area contributed by atoms with Gasteiger partial charge >= 0.3 is 0 Å². The highest BCUT2D eigenvalue weighted by Crippen LogP contribution is 2.23. The summed E-state index contributed by atoms with van der Waals surface area (Å²) in [5, 5.41) is 3.39. The van der Waals surface area contributed by atoms with Gasteiger partial charge in [-0.25, -0.2) is 4.39 Å². The molecule has 1 N–H and O–H groups in total. The summed E-state index contributed by atoms with van der Waals surface area (Å²) in [5.41, 5.74) is 1.82. The maximum absolute atomic E-state index is 13.9. The summed E-state index contributed by atoms with van der Waals surface area (Å²) in [6, 6.07) is 5.21. The molecule has 1 aromatic carbocycles. The van der Waals surface area contributed by atoms with E-state index in [1.807, 2.05) is 7.05 Å². The zero-order chi connectivity index (χ0) is 13.0. The van der Waals surface area contributed by atoms with Gasteiger partial charge in [0.05, 0.1) is 17.9 Å². The van der Waals surface area contributed by atoms with Gasteiger partial charge in [0.2, 0.25) is 0 Å². The molecule has 0 aliphatic carbocycles. The largest absolute Gasteiger partial charge is 0.501 e. The van der Waals surface area contributed by atoms with Crippen molar-refractivity contribution in [1.29, 1.82) is 0 Å². The smallest absolute Gasteiger partial charge is 0.145 e. The van der Waals surface area contributed by atoms with Gasteiger partial charge in [0.1, 0.15) is 5.82 Å². The molecule has 1 aliphatic rings. The number of halogens is 2.